The third-order valence-electron chi connectivity index (χ3n) is 3.35. The van der Waals surface area contributed by atoms with Crippen LogP contribution in [0, 0.1) is 11.6 Å². The SMILES string of the molecule is CNC(Cn1ccnc1C(C)C)c1cccc(F)c1F. The second-order valence-corrected chi connectivity index (χ2v) is 5.08. The van der Waals surface area contributed by atoms with Crippen LogP contribution in [0.4, 0.5) is 8.78 Å². The predicted molar refractivity (Wildman–Crippen MR) is 74.5 cm³/mol. The zero-order valence-corrected chi connectivity index (χ0v) is 11.9. The molecule has 0 fully saturated rings. The van der Waals surface area contributed by atoms with E-state index in [0.29, 0.717) is 12.1 Å². The van der Waals surface area contributed by atoms with Gasteiger partial charge in [0.1, 0.15) is 5.82 Å². The fraction of sp³-hybridized carbons (Fsp3) is 0.400. The van der Waals surface area contributed by atoms with Crippen LogP contribution in [0.15, 0.2) is 30.6 Å². The minimum atomic E-state index is -0.822. The van der Waals surface area contributed by atoms with Crippen LogP contribution < -0.4 is 5.32 Å². The van der Waals surface area contributed by atoms with Gasteiger partial charge in [-0.1, -0.05) is 26.0 Å². The molecule has 1 heterocycles. The first-order valence-electron chi connectivity index (χ1n) is 6.66. The molecule has 5 heteroatoms. The normalized spacial score (nSPS) is 12.9. The van der Waals surface area contributed by atoms with E-state index >= 15 is 0 Å². The molecule has 0 aliphatic rings. The molecule has 3 nitrogen and oxygen atoms in total. The molecule has 108 valence electrons. The second-order valence-electron chi connectivity index (χ2n) is 5.08. The summed E-state index contributed by atoms with van der Waals surface area (Å²) in [5.74, 6) is -0.405. The lowest BCUT2D eigenvalue weighted by molar-refractivity contribution is 0.438. The average molecular weight is 279 g/mol. The van der Waals surface area contributed by atoms with Gasteiger partial charge < -0.3 is 9.88 Å². The van der Waals surface area contributed by atoms with Crippen LogP contribution in [0.25, 0.3) is 0 Å². The molecular formula is C15H19F2N3. The fourth-order valence-electron chi connectivity index (χ4n) is 2.31. The van der Waals surface area contributed by atoms with Gasteiger partial charge in [0.05, 0.1) is 6.04 Å². The maximum Gasteiger partial charge on any atom is 0.163 e. The van der Waals surface area contributed by atoms with Gasteiger partial charge in [-0.05, 0) is 13.1 Å². The van der Waals surface area contributed by atoms with Crippen molar-refractivity contribution in [3.8, 4) is 0 Å². The fourth-order valence-corrected chi connectivity index (χ4v) is 2.31. The van der Waals surface area contributed by atoms with Crippen LogP contribution in [-0.4, -0.2) is 16.6 Å². The van der Waals surface area contributed by atoms with E-state index in [9.17, 15) is 8.78 Å². The Hall–Kier alpha value is -1.75. The number of aromatic nitrogens is 2. The van der Waals surface area contributed by atoms with Crippen LogP contribution >= 0.6 is 0 Å². The molecule has 1 N–H and O–H groups in total. The number of hydrogen-bond acceptors (Lipinski definition) is 2. The molecule has 1 atom stereocenters. The Balaban J connectivity index is 2.29. The van der Waals surface area contributed by atoms with E-state index in [2.05, 4.69) is 24.1 Å². The third-order valence-corrected chi connectivity index (χ3v) is 3.35. The number of rotatable bonds is 5. The van der Waals surface area contributed by atoms with Crippen LogP contribution in [0.3, 0.4) is 0 Å². The van der Waals surface area contributed by atoms with Crippen molar-refractivity contribution in [2.24, 2.45) is 0 Å². The summed E-state index contributed by atoms with van der Waals surface area (Å²) in [4.78, 5) is 4.30. The summed E-state index contributed by atoms with van der Waals surface area (Å²) in [6, 6.07) is 3.95. The van der Waals surface area contributed by atoms with Crippen LogP contribution in [0.1, 0.15) is 37.2 Å². The van der Waals surface area contributed by atoms with Gasteiger partial charge in [0.15, 0.2) is 11.6 Å². The lowest BCUT2D eigenvalue weighted by Gasteiger charge is -2.20. The van der Waals surface area contributed by atoms with Crippen molar-refractivity contribution in [3.63, 3.8) is 0 Å². The number of hydrogen-bond donors (Lipinski definition) is 1. The van der Waals surface area contributed by atoms with Crippen molar-refractivity contribution in [3.05, 3.63) is 53.6 Å². The quantitative estimate of drug-likeness (QED) is 0.910. The Morgan fingerprint density at radius 1 is 1.30 bits per heavy atom. The molecule has 0 saturated heterocycles. The molecule has 0 radical (unpaired) electrons. The minimum absolute atomic E-state index is 0.278. The first-order valence-corrected chi connectivity index (χ1v) is 6.66. The van der Waals surface area contributed by atoms with E-state index in [1.807, 2.05) is 10.8 Å². The van der Waals surface area contributed by atoms with Crippen LogP contribution in [0.2, 0.25) is 0 Å². The van der Waals surface area contributed by atoms with Crippen molar-refractivity contribution >= 4 is 0 Å². The predicted octanol–water partition coefficient (Wildman–Crippen LogP) is 3.25. The van der Waals surface area contributed by atoms with Gasteiger partial charge in [0.2, 0.25) is 0 Å². The van der Waals surface area contributed by atoms with E-state index in [-0.39, 0.29) is 12.0 Å². The molecule has 0 amide bonds. The summed E-state index contributed by atoms with van der Waals surface area (Å²) in [5, 5.41) is 3.04. The minimum Gasteiger partial charge on any atom is -0.333 e. The van der Waals surface area contributed by atoms with E-state index in [0.717, 1.165) is 11.9 Å². The Morgan fingerprint density at radius 2 is 2.05 bits per heavy atom. The monoisotopic (exact) mass is 279 g/mol. The molecule has 0 aliphatic heterocycles. The number of likely N-dealkylation sites (N-methyl/N-ethyl adjacent to an activating group) is 1. The van der Waals surface area contributed by atoms with Crippen molar-refractivity contribution < 1.29 is 8.78 Å². The first-order chi connectivity index (χ1) is 9.54. The molecule has 0 aliphatic carbocycles. The number of nitrogens with one attached hydrogen (secondary N) is 1. The van der Waals surface area contributed by atoms with Gasteiger partial charge in [0, 0.05) is 30.4 Å². The number of imidazole rings is 1. The largest absolute Gasteiger partial charge is 0.333 e. The van der Waals surface area contributed by atoms with Gasteiger partial charge in [-0.3, -0.25) is 0 Å². The highest BCUT2D eigenvalue weighted by Gasteiger charge is 2.18. The second kappa shape index (κ2) is 6.13. The first kappa shape index (κ1) is 14.7. The van der Waals surface area contributed by atoms with Crippen molar-refractivity contribution in [2.45, 2.75) is 32.4 Å². The zero-order chi connectivity index (χ0) is 14.7. The van der Waals surface area contributed by atoms with Crippen molar-refractivity contribution in [1.82, 2.24) is 14.9 Å². The van der Waals surface area contributed by atoms with Crippen molar-refractivity contribution in [2.75, 3.05) is 7.05 Å². The summed E-state index contributed by atoms with van der Waals surface area (Å²) in [5.41, 5.74) is 0.330. The summed E-state index contributed by atoms with van der Waals surface area (Å²) < 4.78 is 29.2. The maximum atomic E-state index is 13.9. The molecule has 0 spiro atoms. The van der Waals surface area contributed by atoms with E-state index in [1.54, 1.807) is 19.3 Å². The summed E-state index contributed by atoms with van der Waals surface area (Å²) in [6.45, 7) is 4.61. The van der Waals surface area contributed by atoms with Gasteiger partial charge in [-0.25, -0.2) is 13.8 Å². The number of halogens is 2. The average Bonchev–Trinajstić information content (AvgIpc) is 2.88. The number of benzene rings is 1. The molecule has 20 heavy (non-hydrogen) atoms. The van der Waals surface area contributed by atoms with Crippen molar-refractivity contribution in [1.29, 1.82) is 0 Å². The maximum absolute atomic E-state index is 13.9. The molecule has 1 aromatic heterocycles. The summed E-state index contributed by atoms with van der Waals surface area (Å²) in [6.07, 6.45) is 3.58. The smallest absolute Gasteiger partial charge is 0.163 e. The van der Waals surface area contributed by atoms with E-state index in [1.165, 1.54) is 6.07 Å². The Kier molecular flexibility index (Phi) is 4.49. The highest BCUT2D eigenvalue weighted by Crippen LogP contribution is 2.22. The van der Waals surface area contributed by atoms with E-state index in [4.69, 9.17) is 0 Å². The highest BCUT2D eigenvalue weighted by molar-refractivity contribution is 5.22. The number of nitrogens with zero attached hydrogens (tertiary/aromatic N) is 2. The molecule has 2 rings (SSSR count). The van der Waals surface area contributed by atoms with Gasteiger partial charge in [-0.15, -0.1) is 0 Å². The van der Waals surface area contributed by atoms with Crippen LogP contribution in [-0.2, 0) is 6.54 Å². The lowest BCUT2D eigenvalue weighted by atomic mass is 10.1. The summed E-state index contributed by atoms with van der Waals surface area (Å²) in [7, 11) is 1.74. The van der Waals surface area contributed by atoms with E-state index < -0.39 is 11.6 Å². The molecular weight excluding hydrogens is 260 g/mol. The lowest BCUT2D eigenvalue weighted by Crippen LogP contribution is -2.24. The van der Waals surface area contributed by atoms with Gasteiger partial charge in [-0.2, -0.15) is 0 Å². The van der Waals surface area contributed by atoms with Gasteiger partial charge in [0.25, 0.3) is 0 Å². The Labute approximate surface area is 117 Å². The van der Waals surface area contributed by atoms with Crippen LogP contribution in [0.5, 0.6) is 0 Å². The molecule has 1 aromatic carbocycles. The molecule has 2 aromatic rings. The Bertz CT molecular complexity index is 578. The Morgan fingerprint density at radius 3 is 2.70 bits per heavy atom. The molecule has 1 unspecified atom stereocenters. The third kappa shape index (κ3) is 2.88. The van der Waals surface area contributed by atoms with Gasteiger partial charge >= 0.3 is 0 Å². The standard InChI is InChI=1S/C15H19F2N3/c1-10(2)15-19-7-8-20(15)9-13(18-3)11-5-4-6-12(16)14(11)17/h4-8,10,13,18H,9H2,1-3H3. The molecule has 0 bridgehead atoms. The molecule has 0 saturated carbocycles. The topological polar surface area (TPSA) is 29.9 Å². The zero-order valence-electron chi connectivity index (χ0n) is 11.9. The summed E-state index contributed by atoms with van der Waals surface area (Å²) >= 11 is 0. The highest BCUT2D eigenvalue weighted by atomic mass is 19.2.